The summed E-state index contributed by atoms with van der Waals surface area (Å²) < 4.78 is 33.3. The van der Waals surface area contributed by atoms with Crippen LogP contribution in [0.2, 0.25) is 5.02 Å². The number of carboxylic acids is 1. The molecule has 32 heavy (non-hydrogen) atoms. The summed E-state index contributed by atoms with van der Waals surface area (Å²) in [6, 6.07) is 2.45. The topological polar surface area (TPSA) is 182 Å². The molecule has 1 aliphatic rings. The van der Waals surface area contributed by atoms with Gasteiger partial charge in [0.05, 0.1) is 23.6 Å². The van der Waals surface area contributed by atoms with Crippen LogP contribution in [0.3, 0.4) is 0 Å². The van der Waals surface area contributed by atoms with Gasteiger partial charge in [-0.2, -0.15) is 0 Å². The molecule has 1 amide bonds. The lowest BCUT2D eigenvalue weighted by molar-refractivity contribution is -0.146. The van der Waals surface area contributed by atoms with Gasteiger partial charge in [-0.1, -0.05) is 25.4 Å². The number of aliphatic hydroxyl groups excluding tert-OH is 3. The minimum atomic E-state index is -4.24. The highest BCUT2D eigenvalue weighted by atomic mass is 35.5. The summed E-state index contributed by atoms with van der Waals surface area (Å²) in [6.45, 7) is 2.25. The average molecular weight is 493 g/mol. The summed E-state index contributed by atoms with van der Waals surface area (Å²) in [5, 5.41) is 41.7. The van der Waals surface area contributed by atoms with E-state index < -0.39 is 70.6 Å². The van der Waals surface area contributed by atoms with E-state index in [1.54, 1.807) is 13.8 Å². The van der Waals surface area contributed by atoms with E-state index in [-0.39, 0.29) is 4.90 Å². The first-order chi connectivity index (χ1) is 14.9. The molecule has 5 atom stereocenters. The van der Waals surface area contributed by atoms with Crippen LogP contribution >= 0.6 is 11.6 Å². The number of amides is 1. The van der Waals surface area contributed by atoms with Gasteiger partial charge in [0.1, 0.15) is 18.3 Å². The van der Waals surface area contributed by atoms with Crippen molar-refractivity contribution in [1.82, 2.24) is 10.0 Å². The van der Waals surface area contributed by atoms with Gasteiger partial charge in [-0.15, -0.1) is 0 Å². The Balaban J connectivity index is 2.51. The SMILES string of the molecule is CC(C)C(=O)N[C@H]1[C@H]([C@H](O)C(O)CO)OC(C(=O)O)=C[C@@H]1NS(=O)(=O)c1ccc(Cl)cc1. The highest BCUT2D eigenvalue weighted by Gasteiger charge is 2.45. The predicted octanol–water partition coefficient (Wildman–Crippen LogP) is -0.791. The van der Waals surface area contributed by atoms with Crippen LogP contribution < -0.4 is 10.0 Å². The number of nitrogens with one attached hydrogen (secondary N) is 2. The predicted molar refractivity (Wildman–Crippen MR) is 112 cm³/mol. The molecule has 1 aliphatic heterocycles. The van der Waals surface area contributed by atoms with Gasteiger partial charge in [-0.25, -0.2) is 17.9 Å². The third-order valence-corrected chi connectivity index (χ3v) is 6.44. The fraction of sp³-hybridized carbons (Fsp3) is 0.474. The van der Waals surface area contributed by atoms with Gasteiger partial charge in [-0.05, 0) is 30.3 Å². The van der Waals surface area contributed by atoms with Crippen molar-refractivity contribution < 1.29 is 43.2 Å². The summed E-state index contributed by atoms with van der Waals surface area (Å²) in [6.07, 6.45) is -4.27. The first kappa shape index (κ1) is 26.0. The van der Waals surface area contributed by atoms with E-state index in [2.05, 4.69) is 10.0 Å². The van der Waals surface area contributed by atoms with Crippen molar-refractivity contribution >= 4 is 33.5 Å². The van der Waals surface area contributed by atoms with Gasteiger partial charge in [0.2, 0.25) is 21.7 Å². The molecule has 1 heterocycles. The highest BCUT2D eigenvalue weighted by molar-refractivity contribution is 7.89. The van der Waals surface area contributed by atoms with Crippen molar-refractivity contribution in [3.8, 4) is 0 Å². The zero-order chi connectivity index (χ0) is 24.2. The first-order valence-corrected chi connectivity index (χ1v) is 11.4. The lowest BCUT2D eigenvalue weighted by Crippen LogP contribution is -2.64. The number of hydrogen-bond acceptors (Lipinski definition) is 8. The second-order valence-corrected chi connectivity index (χ2v) is 9.60. The van der Waals surface area contributed by atoms with E-state index in [4.69, 9.17) is 16.3 Å². The number of hydrogen-bond donors (Lipinski definition) is 6. The van der Waals surface area contributed by atoms with E-state index in [1.807, 2.05) is 0 Å². The third-order valence-electron chi connectivity index (χ3n) is 4.71. The van der Waals surface area contributed by atoms with E-state index in [0.717, 1.165) is 6.08 Å². The van der Waals surface area contributed by atoms with Crippen molar-refractivity contribution in [2.24, 2.45) is 5.92 Å². The molecule has 11 nitrogen and oxygen atoms in total. The maximum absolute atomic E-state index is 12.9. The number of aliphatic carboxylic acids is 1. The zero-order valence-corrected chi connectivity index (χ0v) is 18.7. The number of carbonyl (C=O) groups is 2. The lowest BCUT2D eigenvalue weighted by Gasteiger charge is -2.40. The normalized spacial score (nSPS) is 23.1. The monoisotopic (exact) mass is 492 g/mol. The van der Waals surface area contributed by atoms with Crippen LogP contribution in [0.4, 0.5) is 0 Å². The molecule has 1 aromatic carbocycles. The largest absolute Gasteiger partial charge is 0.478 e. The standard InChI is InChI=1S/C19H25ClN2O9S/c1-9(2)18(26)21-15-12(22-32(29,30)11-5-3-10(20)4-6-11)7-14(19(27)28)31-17(15)16(25)13(24)8-23/h3-7,9,12-13,15-17,22-25H,8H2,1-2H3,(H,21,26)(H,27,28)/t12-,13?,15+,16+,17+/m0/s1. The number of carboxylic acid groups (broad SMARTS) is 1. The van der Waals surface area contributed by atoms with Crippen LogP contribution in [0.5, 0.6) is 0 Å². The van der Waals surface area contributed by atoms with Crippen LogP contribution in [0.1, 0.15) is 13.8 Å². The van der Waals surface area contributed by atoms with Gasteiger partial charge in [-0.3, -0.25) is 4.79 Å². The summed E-state index contributed by atoms with van der Waals surface area (Å²) in [5.41, 5.74) is 0. The maximum atomic E-state index is 12.9. The van der Waals surface area contributed by atoms with Gasteiger partial charge in [0.25, 0.3) is 0 Å². The first-order valence-electron chi connectivity index (χ1n) is 9.54. The zero-order valence-electron chi connectivity index (χ0n) is 17.2. The molecule has 0 aromatic heterocycles. The van der Waals surface area contributed by atoms with Crippen molar-refractivity contribution in [3.63, 3.8) is 0 Å². The molecule has 0 radical (unpaired) electrons. The van der Waals surface area contributed by atoms with Crippen LogP contribution in [-0.2, 0) is 24.3 Å². The molecule has 0 saturated carbocycles. The van der Waals surface area contributed by atoms with Crippen molar-refractivity contribution in [2.75, 3.05) is 6.61 Å². The van der Waals surface area contributed by atoms with E-state index >= 15 is 0 Å². The average Bonchev–Trinajstić information content (AvgIpc) is 2.73. The summed E-state index contributed by atoms with van der Waals surface area (Å²) in [5.74, 6) is -3.37. The second kappa shape index (κ2) is 10.6. The quantitative estimate of drug-likeness (QED) is 0.257. The fourth-order valence-corrected chi connectivity index (χ4v) is 4.26. The van der Waals surface area contributed by atoms with Crippen LogP contribution in [0, 0.1) is 5.92 Å². The molecule has 1 unspecified atom stereocenters. The maximum Gasteiger partial charge on any atom is 0.370 e. The number of aliphatic hydroxyl groups is 3. The van der Waals surface area contributed by atoms with Crippen LogP contribution in [0.25, 0.3) is 0 Å². The molecule has 1 aromatic rings. The number of halogens is 1. The van der Waals surface area contributed by atoms with Gasteiger partial charge in [0.15, 0.2) is 0 Å². The Kier molecular flexibility index (Phi) is 8.62. The molecule has 13 heteroatoms. The van der Waals surface area contributed by atoms with Gasteiger partial charge in [0, 0.05) is 10.9 Å². The Morgan fingerprint density at radius 2 is 1.78 bits per heavy atom. The Morgan fingerprint density at radius 1 is 1.19 bits per heavy atom. The minimum Gasteiger partial charge on any atom is -0.478 e. The molecule has 0 spiro atoms. The molecule has 6 N–H and O–H groups in total. The van der Waals surface area contributed by atoms with Gasteiger partial charge < -0.3 is 30.5 Å². The van der Waals surface area contributed by atoms with E-state index in [9.17, 15) is 38.4 Å². The fourth-order valence-electron chi connectivity index (χ4n) is 2.93. The smallest absolute Gasteiger partial charge is 0.370 e. The van der Waals surface area contributed by atoms with Crippen LogP contribution in [-0.4, -0.2) is 77.7 Å². The number of carbonyl (C=O) groups excluding carboxylic acids is 1. The summed E-state index contributed by atoms with van der Waals surface area (Å²) >= 11 is 5.79. The molecular weight excluding hydrogens is 468 g/mol. The van der Waals surface area contributed by atoms with Crippen LogP contribution in [0.15, 0.2) is 41.0 Å². The second-order valence-electron chi connectivity index (χ2n) is 7.45. The molecule has 0 saturated heterocycles. The molecular formula is C19H25ClN2O9S. The van der Waals surface area contributed by atoms with Crippen molar-refractivity contribution in [3.05, 3.63) is 41.1 Å². The Labute approximate surface area is 189 Å². The highest BCUT2D eigenvalue weighted by Crippen LogP contribution is 2.25. The summed E-state index contributed by atoms with van der Waals surface area (Å²) in [7, 11) is -4.24. The van der Waals surface area contributed by atoms with E-state index in [1.165, 1.54) is 24.3 Å². The number of ether oxygens (including phenoxy) is 1. The molecule has 2 rings (SSSR count). The lowest BCUT2D eigenvalue weighted by atomic mass is 9.92. The number of rotatable bonds is 9. The van der Waals surface area contributed by atoms with Crippen molar-refractivity contribution in [2.45, 2.75) is 49.1 Å². The molecule has 178 valence electrons. The number of benzene rings is 1. The Bertz CT molecular complexity index is 966. The Morgan fingerprint density at radius 3 is 2.28 bits per heavy atom. The van der Waals surface area contributed by atoms with E-state index in [0.29, 0.717) is 5.02 Å². The molecule has 0 bridgehead atoms. The Hall–Kier alpha value is -2.22. The molecule has 0 aliphatic carbocycles. The third kappa shape index (κ3) is 6.18. The van der Waals surface area contributed by atoms with Gasteiger partial charge >= 0.3 is 5.97 Å². The van der Waals surface area contributed by atoms with Crippen molar-refractivity contribution in [1.29, 1.82) is 0 Å². The summed E-state index contributed by atoms with van der Waals surface area (Å²) in [4.78, 5) is 23.7. The number of sulfonamides is 1. The minimum absolute atomic E-state index is 0.180. The molecule has 0 fully saturated rings.